The largest absolute Gasteiger partial charge is 0.348 e. The molecule has 162 valence electrons. The number of nitrogens with one attached hydrogen (secondary N) is 1. The molecule has 3 aromatic carbocycles. The molecule has 0 saturated carbocycles. The third kappa shape index (κ3) is 5.27. The van der Waals surface area contributed by atoms with E-state index in [-0.39, 0.29) is 17.5 Å². The van der Waals surface area contributed by atoms with Gasteiger partial charge in [0.25, 0.3) is 10.0 Å². The van der Waals surface area contributed by atoms with Crippen molar-refractivity contribution in [3.8, 4) is 0 Å². The summed E-state index contributed by atoms with van der Waals surface area (Å²) in [6.45, 7) is 3.35. The summed E-state index contributed by atoms with van der Waals surface area (Å²) in [4.78, 5) is 13.1. The first-order chi connectivity index (χ1) is 14.8. The third-order valence-corrected chi connectivity index (χ3v) is 7.26. The minimum absolute atomic E-state index is 0.109. The van der Waals surface area contributed by atoms with Gasteiger partial charge >= 0.3 is 0 Å². The molecule has 1 amide bonds. The van der Waals surface area contributed by atoms with Crippen molar-refractivity contribution < 1.29 is 13.2 Å². The Hall–Kier alpha value is -2.83. The number of amides is 1. The molecule has 0 heterocycles. The number of sulfonamides is 1. The Balaban J connectivity index is 1.95. The number of carbonyl (C=O) groups excluding carboxylic acids is 1. The van der Waals surface area contributed by atoms with Gasteiger partial charge in [-0.3, -0.25) is 9.10 Å². The molecular weight excluding hydrogens is 432 g/mol. The van der Waals surface area contributed by atoms with Crippen molar-refractivity contribution in [3.05, 3.63) is 95.0 Å². The molecule has 0 bridgehead atoms. The van der Waals surface area contributed by atoms with Gasteiger partial charge in [0.1, 0.15) is 6.54 Å². The van der Waals surface area contributed by atoms with E-state index in [2.05, 4.69) is 5.32 Å². The molecule has 0 saturated heterocycles. The number of rotatable bonds is 8. The second-order valence-electron chi connectivity index (χ2n) is 7.15. The minimum atomic E-state index is -3.98. The summed E-state index contributed by atoms with van der Waals surface area (Å²) in [5.74, 6) is -0.394. The number of anilines is 1. The Morgan fingerprint density at radius 2 is 1.58 bits per heavy atom. The maximum Gasteiger partial charge on any atom is 0.264 e. The van der Waals surface area contributed by atoms with Crippen LogP contribution < -0.4 is 9.62 Å². The average Bonchev–Trinajstić information content (AvgIpc) is 2.79. The molecule has 0 aliphatic rings. The maximum atomic E-state index is 13.5. The molecular formula is C24H25ClN2O3S. The van der Waals surface area contributed by atoms with Crippen LogP contribution in [0.15, 0.2) is 83.8 Å². The van der Waals surface area contributed by atoms with E-state index in [9.17, 15) is 13.2 Å². The van der Waals surface area contributed by atoms with Crippen molar-refractivity contribution >= 4 is 33.2 Å². The highest BCUT2D eigenvalue weighted by atomic mass is 35.5. The predicted molar refractivity (Wildman–Crippen MR) is 125 cm³/mol. The molecule has 0 spiro atoms. The van der Waals surface area contributed by atoms with Gasteiger partial charge in [-0.25, -0.2) is 8.42 Å². The first-order valence-corrected chi connectivity index (χ1v) is 11.8. The van der Waals surface area contributed by atoms with Gasteiger partial charge in [-0.1, -0.05) is 73.1 Å². The number of halogens is 1. The summed E-state index contributed by atoms with van der Waals surface area (Å²) in [6.07, 6.45) is 0.678. The topological polar surface area (TPSA) is 66.5 Å². The molecule has 3 aromatic rings. The smallest absolute Gasteiger partial charge is 0.264 e. The summed E-state index contributed by atoms with van der Waals surface area (Å²) >= 11 is 6.26. The van der Waals surface area contributed by atoms with Crippen LogP contribution in [0.1, 0.15) is 30.5 Å². The zero-order valence-corrected chi connectivity index (χ0v) is 19.0. The molecule has 31 heavy (non-hydrogen) atoms. The fourth-order valence-electron chi connectivity index (χ4n) is 3.36. The Bertz CT molecular complexity index is 1140. The molecule has 0 fully saturated rings. The lowest BCUT2D eigenvalue weighted by atomic mass is 10.0. The maximum absolute atomic E-state index is 13.5. The summed E-state index contributed by atoms with van der Waals surface area (Å²) in [5, 5.41) is 3.40. The van der Waals surface area contributed by atoms with Crippen molar-refractivity contribution in [2.24, 2.45) is 0 Å². The average molecular weight is 457 g/mol. The Morgan fingerprint density at radius 1 is 0.968 bits per heavy atom. The quantitative estimate of drug-likeness (QED) is 0.512. The predicted octanol–water partition coefficient (Wildman–Crippen LogP) is 5.11. The van der Waals surface area contributed by atoms with Crippen LogP contribution in [-0.2, 0) is 14.8 Å². The monoisotopic (exact) mass is 456 g/mol. The van der Waals surface area contributed by atoms with Crippen molar-refractivity contribution in [1.82, 2.24) is 5.32 Å². The van der Waals surface area contributed by atoms with Crippen molar-refractivity contribution in [2.75, 3.05) is 10.8 Å². The molecule has 1 atom stereocenters. The zero-order chi connectivity index (χ0) is 22.4. The van der Waals surface area contributed by atoms with Crippen LogP contribution in [0.25, 0.3) is 0 Å². The highest BCUT2D eigenvalue weighted by Crippen LogP contribution is 2.31. The number of hydrogen-bond donors (Lipinski definition) is 1. The second-order valence-corrected chi connectivity index (χ2v) is 9.42. The van der Waals surface area contributed by atoms with Gasteiger partial charge < -0.3 is 5.32 Å². The van der Waals surface area contributed by atoms with E-state index in [1.807, 2.05) is 37.3 Å². The second kappa shape index (κ2) is 9.98. The molecule has 0 aromatic heterocycles. The normalized spacial score (nSPS) is 12.2. The Kier molecular flexibility index (Phi) is 7.36. The lowest BCUT2D eigenvalue weighted by molar-refractivity contribution is -0.120. The van der Waals surface area contributed by atoms with Gasteiger partial charge in [-0.15, -0.1) is 0 Å². The van der Waals surface area contributed by atoms with E-state index in [1.165, 1.54) is 12.1 Å². The fraction of sp³-hybridized carbons (Fsp3) is 0.208. The summed E-state index contributed by atoms with van der Waals surface area (Å²) in [7, 11) is -3.98. The molecule has 7 heteroatoms. The van der Waals surface area contributed by atoms with E-state index in [4.69, 9.17) is 11.6 Å². The van der Waals surface area contributed by atoms with Crippen LogP contribution in [0, 0.1) is 6.92 Å². The highest BCUT2D eigenvalue weighted by Gasteiger charge is 2.29. The van der Waals surface area contributed by atoms with Crippen molar-refractivity contribution in [1.29, 1.82) is 0 Å². The Labute approximate surface area is 188 Å². The van der Waals surface area contributed by atoms with Crippen LogP contribution >= 0.6 is 11.6 Å². The first kappa shape index (κ1) is 22.8. The van der Waals surface area contributed by atoms with Crippen molar-refractivity contribution in [2.45, 2.75) is 31.2 Å². The van der Waals surface area contributed by atoms with Gasteiger partial charge in [0.05, 0.1) is 16.6 Å². The number of nitrogens with zero attached hydrogens (tertiary/aromatic N) is 1. The molecule has 3 rings (SSSR count). The lowest BCUT2D eigenvalue weighted by Crippen LogP contribution is -2.42. The van der Waals surface area contributed by atoms with Crippen LogP contribution in [0.3, 0.4) is 0 Å². The summed E-state index contributed by atoms with van der Waals surface area (Å²) < 4.78 is 28.0. The number of benzene rings is 3. The van der Waals surface area contributed by atoms with Gasteiger partial charge in [-0.2, -0.15) is 0 Å². The van der Waals surface area contributed by atoms with Gasteiger partial charge in [0.2, 0.25) is 5.91 Å². The van der Waals surface area contributed by atoms with E-state index >= 15 is 0 Å². The SMILES string of the molecule is CC[C@H](NC(=O)CN(c1cccc(Cl)c1C)S(=O)(=O)c1ccccc1)c1ccccc1. The molecule has 0 aliphatic carbocycles. The highest BCUT2D eigenvalue weighted by molar-refractivity contribution is 7.92. The summed E-state index contributed by atoms with van der Waals surface area (Å²) in [5.41, 5.74) is 1.93. The van der Waals surface area contributed by atoms with E-state index < -0.39 is 15.9 Å². The van der Waals surface area contributed by atoms with Crippen molar-refractivity contribution in [3.63, 3.8) is 0 Å². The van der Waals surface area contributed by atoms with Crippen LogP contribution in [0.4, 0.5) is 5.69 Å². The zero-order valence-electron chi connectivity index (χ0n) is 17.5. The minimum Gasteiger partial charge on any atom is -0.348 e. The standard InChI is InChI=1S/C24H25ClN2O3S/c1-3-22(19-11-6-4-7-12-19)26-24(28)17-27(23-16-10-15-21(25)18(23)2)31(29,30)20-13-8-5-9-14-20/h4-16,22H,3,17H2,1-2H3,(H,26,28)/t22-/m0/s1. The summed E-state index contributed by atoms with van der Waals surface area (Å²) in [6, 6.07) is 22.5. The third-order valence-electron chi connectivity index (χ3n) is 5.07. The molecule has 0 aliphatic heterocycles. The fourth-order valence-corrected chi connectivity index (χ4v) is 5.03. The molecule has 1 N–H and O–H groups in total. The van der Waals surface area contributed by atoms with Gasteiger partial charge in [-0.05, 0) is 48.7 Å². The lowest BCUT2D eigenvalue weighted by Gasteiger charge is -2.27. The molecule has 0 radical (unpaired) electrons. The van der Waals surface area contributed by atoms with E-state index in [0.29, 0.717) is 22.7 Å². The Morgan fingerprint density at radius 3 is 2.19 bits per heavy atom. The molecule has 5 nitrogen and oxygen atoms in total. The van der Waals surface area contributed by atoms with Gasteiger partial charge in [0.15, 0.2) is 0 Å². The van der Waals surface area contributed by atoms with Crippen LogP contribution in [0.5, 0.6) is 0 Å². The van der Waals surface area contributed by atoms with Crippen LogP contribution in [-0.4, -0.2) is 20.9 Å². The molecule has 0 unspecified atom stereocenters. The number of hydrogen-bond acceptors (Lipinski definition) is 3. The first-order valence-electron chi connectivity index (χ1n) is 10.0. The van der Waals surface area contributed by atoms with Gasteiger partial charge in [0, 0.05) is 5.02 Å². The van der Waals surface area contributed by atoms with E-state index in [0.717, 1.165) is 9.87 Å². The van der Waals surface area contributed by atoms with E-state index in [1.54, 1.807) is 43.3 Å². The number of carbonyl (C=O) groups is 1. The van der Waals surface area contributed by atoms with Crippen LogP contribution in [0.2, 0.25) is 5.02 Å².